The summed E-state index contributed by atoms with van der Waals surface area (Å²) in [6, 6.07) is 8.10. The fourth-order valence-corrected chi connectivity index (χ4v) is 4.88. The molecule has 1 aromatic carbocycles. The van der Waals surface area contributed by atoms with E-state index in [4.69, 9.17) is 11.6 Å². The molecule has 1 amide bonds. The van der Waals surface area contributed by atoms with E-state index in [2.05, 4.69) is 47.6 Å². The molecule has 0 N–H and O–H groups in total. The Morgan fingerprint density at radius 1 is 1.16 bits per heavy atom. The molecule has 0 saturated carbocycles. The Hall–Kier alpha value is -2.18. The number of amides is 1. The summed E-state index contributed by atoms with van der Waals surface area (Å²) < 4.78 is 0. The highest BCUT2D eigenvalue weighted by atomic mass is 35.5. The second kappa shape index (κ2) is 9.75. The topological polar surface area (TPSA) is 52.6 Å². The molecule has 0 bridgehead atoms. The number of carbonyl (C=O) groups excluding carboxylic acids is 1. The number of likely N-dealkylation sites (N-methyl/N-ethyl adjacent to an activating group) is 1. The molecule has 0 radical (unpaired) electrons. The van der Waals surface area contributed by atoms with Crippen molar-refractivity contribution in [3.05, 3.63) is 52.4 Å². The van der Waals surface area contributed by atoms with Crippen molar-refractivity contribution in [2.75, 3.05) is 44.7 Å². The maximum atomic E-state index is 13.6. The Morgan fingerprint density at radius 3 is 2.50 bits per heavy atom. The van der Waals surface area contributed by atoms with Gasteiger partial charge in [0, 0.05) is 55.0 Å². The second-order valence-electron chi connectivity index (χ2n) is 9.45. The first-order valence-electron chi connectivity index (χ1n) is 11.7. The number of hydrogen-bond donors (Lipinski definition) is 0. The van der Waals surface area contributed by atoms with Crippen LogP contribution in [0.1, 0.15) is 55.8 Å². The Kier molecular flexibility index (Phi) is 7.01. The molecule has 2 heterocycles. The molecule has 32 heavy (non-hydrogen) atoms. The predicted octanol–water partition coefficient (Wildman–Crippen LogP) is 3.95. The van der Waals surface area contributed by atoms with Gasteiger partial charge in [0.05, 0.1) is 5.92 Å². The van der Waals surface area contributed by atoms with Crippen LogP contribution in [-0.2, 0) is 11.2 Å². The van der Waals surface area contributed by atoms with Crippen molar-refractivity contribution in [2.24, 2.45) is 0 Å². The summed E-state index contributed by atoms with van der Waals surface area (Å²) in [4.78, 5) is 29.4. The number of aryl methyl sites for hydroxylation is 1. The molecule has 1 aromatic heterocycles. The van der Waals surface area contributed by atoms with Crippen LogP contribution < -0.4 is 4.90 Å². The van der Waals surface area contributed by atoms with Gasteiger partial charge in [0.2, 0.25) is 5.91 Å². The van der Waals surface area contributed by atoms with Crippen LogP contribution in [0.25, 0.3) is 0 Å². The van der Waals surface area contributed by atoms with Gasteiger partial charge in [0.25, 0.3) is 0 Å². The Balaban J connectivity index is 1.48. The normalized spacial score (nSPS) is 19.5. The van der Waals surface area contributed by atoms with E-state index in [0.29, 0.717) is 36.6 Å². The molecule has 1 fully saturated rings. The number of hydrogen-bond acceptors (Lipinski definition) is 5. The highest BCUT2D eigenvalue weighted by Crippen LogP contribution is 2.37. The maximum Gasteiger partial charge on any atom is 0.231 e. The van der Waals surface area contributed by atoms with Gasteiger partial charge in [0.1, 0.15) is 12.1 Å². The van der Waals surface area contributed by atoms with E-state index in [-0.39, 0.29) is 11.8 Å². The summed E-state index contributed by atoms with van der Waals surface area (Å²) >= 11 is 6.10. The number of nitrogens with zero attached hydrogens (tertiary/aromatic N) is 5. The van der Waals surface area contributed by atoms with E-state index in [9.17, 15) is 4.79 Å². The summed E-state index contributed by atoms with van der Waals surface area (Å²) in [6.45, 7) is 10.3. The van der Waals surface area contributed by atoms with Crippen molar-refractivity contribution in [1.29, 1.82) is 0 Å². The van der Waals surface area contributed by atoms with Crippen molar-refractivity contribution in [2.45, 2.75) is 51.5 Å². The number of benzene rings is 1. The summed E-state index contributed by atoms with van der Waals surface area (Å²) in [6.07, 6.45) is 3.88. The minimum Gasteiger partial charge on any atom is -0.353 e. The number of halogens is 1. The van der Waals surface area contributed by atoms with E-state index in [0.717, 1.165) is 37.3 Å². The molecular weight excluding hydrogens is 422 g/mol. The largest absolute Gasteiger partial charge is 0.353 e. The number of aromatic nitrogens is 2. The number of carbonyl (C=O) groups is 1. The van der Waals surface area contributed by atoms with Crippen LogP contribution in [0.2, 0.25) is 5.02 Å². The first-order chi connectivity index (χ1) is 15.3. The standard InChI is InChI=1S/C25H34ClN5O/c1-17(2)29(4)15-21(19-6-8-20(26)9-7-19)25(32)31-13-11-30(12-14-31)24-23-18(3)5-10-22(23)27-16-28-24/h6-9,16-18,21H,5,10-15H2,1-4H3/t18-,21?/m1/s1. The molecule has 172 valence electrons. The average molecular weight is 456 g/mol. The summed E-state index contributed by atoms with van der Waals surface area (Å²) in [5.41, 5.74) is 3.53. The van der Waals surface area contributed by atoms with Gasteiger partial charge in [-0.1, -0.05) is 30.7 Å². The first-order valence-corrected chi connectivity index (χ1v) is 12.1. The molecule has 1 aliphatic carbocycles. The minimum atomic E-state index is -0.200. The van der Waals surface area contributed by atoms with Crippen LogP contribution in [0.4, 0.5) is 5.82 Å². The van der Waals surface area contributed by atoms with E-state index in [1.54, 1.807) is 6.33 Å². The molecule has 7 heteroatoms. The third-order valence-electron chi connectivity index (χ3n) is 7.07. The first kappa shape index (κ1) is 23.0. The van der Waals surface area contributed by atoms with Crippen molar-refractivity contribution in [3.8, 4) is 0 Å². The lowest BCUT2D eigenvalue weighted by molar-refractivity contribution is -0.133. The number of anilines is 1. The van der Waals surface area contributed by atoms with Crippen molar-refractivity contribution in [3.63, 3.8) is 0 Å². The van der Waals surface area contributed by atoms with E-state index in [1.807, 2.05) is 29.2 Å². The van der Waals surface area contributed by atoms with Crippen LogP contribution in [0.5, 0.6) is 0 Å². The molecule has 2 aromatic rings. The molecule has 6 nitrogen and oxygen atoms in total. The fraction of sp³-hybridized carbons (Fsp3) is 0.560. The van der Waals surface area contributed by atoms with Crippen molar-refractivity contribution < 1.29 is 4.79 Å². The average Bonchev–Trinajstić information content (AvgIpc) is 3.18. The molecular formula is C25H34ClN5O. The van der Waals surface area contributed by atoms with E-state index < -0.39 is 0 Å². The van der Waals surface area contributed by atoms with Crippen LogP contribution >= 0.6 is 11.6 Å². The van der Waals surface area contributed by atoms with Gasteiger partial charge in [-0.15, -0.1) is 0 Å². The van der Waals surface area contributed by atoms with Gasteiger partial charge in [-0.2, -0.15) is 0 Å². The zero-order valence-electron chi connectivity index (χ0n) is 19.6. The molecule has 4 rings (SSSR count). The second-order valence-corrected chi connectivity index (χ2v) is 9.88. The van der Waals surface area contributed by atoms with Crippen LogP contribution in [-0.4, -0.2) is 71.5 Å². The van der Waals surface area contributed by atoms with Gasteiger partial charge >= 0.3 is 0 Å². The summed E-state index contributed by atoms with van der Waals surface area (Å²) in [5, 5.41) is 0.692. The zero-order valence-corrected chi connectivity index (χ0v) is 20.3. The Labute approximate surface area is 196 Å². The van der Waals surface area contributed by atoms with Crippen LogP contribution in [0.15, 0.2) is 30.6 Å². The SMILES string of the molecule is CC(C)N(C)CC(C(=O)N1CCN(c2ncnc3c2[C@H](C)CC3)CC1)c1ccc(Cl)cc1. The molecule has 1 aliphatic heterocycles. The number of fused-ring (bicyclic) bond motifs is 1. The highest BCUT2D eigenvalue weighted by molar-refractivity contribution is 6.30. The fourth-order valence-electron chi connectivity index (χ4n) is 4.75. The summed E-state index contributed by atoms with van der Waals surface area (Å²) in [7, 11) is 2.08. The van der Waals surface area contributed by atoms with E-state index in [1.165, 1.54) is 11.3 Å². The van der Waals surface area contributed by atoms with Gasteiger partial charge < -0.3 is 14.7 Å². The lowest BCUT2D eigenvalue weighted by Gasteiger charge is -2.38. The highest BCUT2D eigenvalue weighted by Gasteiger charge is 2.32. The molecule has 2 atom stereocenters. The Bertz CT molecular complexity index is 940. The minimum absolute atomic E-state index is 0.195. The third-order valence-corrected chi connectivity index (χ3v) is 7.32. The quantitative estimate of drug-likeness (QED) is 0.660. The van der Waals surface area contributed by atoms with Gasteiger partial charge in [0.15, 0.2) is 0 Å². The van der Waals surface area contributed by atoms with Crippen molar-refractivity contribution in [1.82, 2.24) is 19.8 Å². The number of rotatable bonds is 6. The smallest absolute Gasteiger partial charge is 0.231 e. The van der Waals surface area contributed by atoms with E-state index >= 15 is 0 Å². The lowest BCUT2D eigenvalue weighted by atomic mass is 9.96. The predicted molar refractivity (Wildman–Crippen MR) is 130 cm³/mol. The lowest BCUT2D eigenvalue weighted by Crippen LogP contribution is -2.51. The van der Waals surface area contributed by atoms with Crippen molar-refractivity contribution >= 4 is 23.3 Å². The van der Waals surface area contributed by atoms with Crippen LogP contribution in [0.3, 0.4) is 0 Å². The van der Waals surface area contributed by atoms with Gasteiger partial charge in [-0.25, -0.2) is 9.97 Å². The number of piperazine rings is 1. The summed E-state index contributed by atoms with van der Waals surface area (Å²) in [5.74, 6) is 1.57. The Morgan fingerprint density at radius 2 is 1.84 bits per heavy atom. The van der Waals surface area contributed by atoms with Gasteiger partial charge in [-0.05, 0) is 57.4 Å². The molecule has 1 unspecified atom stereocenters. The monoisotopic (exact) mass is 455 g/mol. The van der Waals surface area contributed by atoms with Gasteiger partial charge in [-0.3, -0.25) is 4.79 Å². The molecule has 1 saturated heterocycles. The third kappa shape index (κ3) is 4.76. The molecule has 0 spiro atoms. The van der Waals surface area contributed by atoms with Crippen LogP contribution in [0, 0.1) is 0 Å². The maximum absolute atomic E-state index is 13.6. The molecule has 2 aliphatic rings. The zero-order chi connectivity index (χ0) is 22.8.